The number of benzene rings is 2. The van der Waals surface area contributed by atoms with Crippen molar-refractivity contribution in [2.45, 2.75) is 25.0 Å². The van der Waals surface area contributed by atoms with E-state index < -0.39 is 6.10 Å². The highest BCUT2D eigenvalue weighted by molar-refractivity contribution is 5.83. The van der Waals surface area contributed by atoms with Crippen LogP contribution in [-0.2, 0) is 4.74 Å². The summed E-state index contributed by atoms with van der Waals surface area (Å²) in [5.41, 5.74) is 0. The summed E-state index contributed by atoms with van der Waals surface area (Å²) in [5.74, 6) is 0.802. The van der Waals surface area contributed by atoms with Crippen LogP contribution in [-0.4, -0.2) is 55.6 Å². The summed E-state index contributed by atoms with van der Waals surface area (Å²) in [7, 11) is 2.06. The molecule has 1 aliphatic heterocycles. The average molecular weight is 315 g/mol. The van der Waals surface area contributed by atoms with Crippen LogP contribution in [0.25, 0.3) is 10.8 Å². The molecule has 1 atom stereocenters. The molecule has 2 aromatic carbocycles. The number of hydrogen-bond acceptors (Lipinski definition) is 4. The molecule has 23 heavy (non-hydrogen) atoms. The van der Waals surface area contributed by atoms with Gasteiger partial charge in [-0.1, -0.05) is 30.3 Å². The minimum atomic E-state index is -0.491. The number of likely N-dealkylation sites (N-methyl/N-ethyl adjacent to an activating group) is 1. The Morgan fingerprint density at radius 3 is 2.70 bits per heavy atom. The Kier molecular flexibility index (Phi) is 5.49. The maximum absolute atomic E-state index is 10.2. The third-order valence-electron chi connectivity index (χ3n) is 4.48. The average Bonchev–Trinajstić information content (AvgIpc) is 2.60. The van der Waals surface area contributed by atoms with Crippen molar-refractivity contribution >= 4 is 10.8 Å². The lowest BCUT2D eigenvalue weighted by Crippen LogP contribution is -2.42. The van der Waals surface area contributed by atoms with Crippen LogP contribution in [0.1, 0.15) is 12.8 Å². The molecular formula is C19H25NO3. The molecule has 0 amide bonds. The first-order valence-electron chi connectivity index (χ1n) is 8.30. The Hall–Kier alpha value is -1.62. The molecule has 1 heterocycles. The second kappa shape index (κ2) is 7.77. The van der Waals surface area contributed by atoms with Gasteiger partial charge in [-0.25, -0.2) is 0 Å². The van der Waals surface area contributed by atoms with Crippen LogP contribution in [0, 0.1) is 0 Å². The number of ether oxygens (including phenoxy) is 2. The van der Waals surface area contributed by atoms with Gasteiger partial charge in [0.15, 0.2) is 0 Å². The van der Waals surface area contributed by atoms with Gasteiger partial charge in [0, 0.05) is 25.8 Å². The molecule has 124 valence electrons. The molecule has 2 aromatic rings. The molecule has 1 aliphatic rings. The van der Waals surface area contributed by atoms with E-state index in [0.29, 0.717) is 19.2 Å². The Balaban J connectivity index is 1.50. The van der Waals surface area contributed by atoms with Crippen molar-refractivity contribution < 1.29 is 14.6 Å². The standard InChI is InChI=1S/C19H25NO3/c1-20(17-8-10-22-11-9-17)13-18(21)14-23-19-7-6-15-4-2-3-5-16(15)12-19/h2-7,12,17-18,21H,8-11,13-14H2,1H3. The Morgan fingerprint density at radius 1 is 1.17 bits per heavy atom. The van der Waals surface area contributed by atoms with Crippen molar-refractivity contribution in [3.8, 4) is 5.75 Å². The van der Waals surface area contributed by atoms with Crippen LogP contribution >= 0.6 is 0 Å². The largest absolute Gasteiger partial charge is 0.491 e. The van der Waals surface area contributed by atoms with Crippen LogP contribution in [0.15, 0.2) is 42.5 Å². The minimum absolute atomic E-state index is 0.311. The molecular weight excluding hydrogens is 290 g/mol. The maximum Gasteiger partial charge on any atom is 0.120 e. The van der Waals surface area contributed by atoms with E-state index in [2.05, 4.69) is 24.1 Å². The second-order valence-corrected chi connectivity index (χ2v) is 6.26. The topological polar surface area (TPSA) is 41.9 Å². The van der Waals surface area contributed by atoms with Crippen LogP contribution < -0.4 is 4.74 Å². The maximum atomic E-state index is 10.2. The lowest BCUT2D eigenvalue weighted by atomic mass is 10.1. The van der Waals surface area contributed by atoms with E-state index in [4.69, 9.17) is 9.47 Å². The Morgan fingerprint density at radius 2 is 1.91 bits per heavy atom. The molecule has 1 unspecified atom stereocenters. The zero-order valence-electron chi connectivity index (χ0n) is 13.6. The molecule has 4 heteroatoms. The molecule has 0 bridgehead atoms. The van der Waals surface area contributed by atoms with Gasteiger partial charge in [-0.2, -0.15) is 0 Å². The van der Waals surface area contributed by atoms with E-state index >= 15 is 0 Å². The van der Waals surface area contributed by atoms with Crippen LogP contribution in [0.5, 0.6) is 5.75 Å². The normalized spacial score (nSPS) is 17.5. The Labute approximate surface area is 137 Å². The summed E-state index contributed by atoms with van der Waals surface area (Å²) in [6.07, 6.45) is 1.58. The van der Waals surface area contributed by atoms with Gasteiger partial charge in [-0.05, 0) is 42.8 Å². The van der Waals surface area contributed by atoms with Gasteiger partial charge >= 0.3 is 0 Å². The monoisotopic (exact) mass is 315 g/mol. The predicted molar refractivity (Wildman–Crippen MR) is 91.9 cm³/mol. The number of aliphatic hydroxyl groups is 1. The van der Waals surface area contributed by atoms with Crippen LogP contribution in [0.4, 0.5) is 0 Å². The number of nitrogens with zero attached hydrogens (tertiary/aromatic N) is 1. The molecule has 0 spiro atoms. The van der Waals surface area contributed by atoms with E-state index in [-0.39, 0.29) is 0 Å². The third-order valence-corrected chi connectivity index (χ3v) is 4.48. The number of rotatable bonds is 6. The van der Waals surface area contributed by atoms with Gasteiger partial charge in [-0.3, -0.25) is 0 Å². The molecule has 1 saturated heterocycles. The first kappa shape index (κ1) is 16.2. The molecule has 1 fully saturated rings. The van der Waals surface area contributed by atoms with E-state index in [9.17, 15) is 5.11 Å². The van der Waals surface area contributed by atoms with Crippen molar-refractivity contribution in [3.05, 3.63) is 42.5 Å². The fraction of sp³-hybridized carbons (Fsp3) is 0.474. The fourth-order valence-corrected chi connectivity index (χ4v) is 3.11. The smallest absolute Gasteiger partial charge is 0.120 e. The van der Waals surface area contributed by atoms with Gasteiger partial charge in [-0.15, -0.1) is 0 Å². The summed E-state index contributed by atoms with van der Waals surface area (Å²) in [4.78, 5) is 2.22. The summed E-state index contributed by atoms with van der Waals surface area (Å²) in [6, 6.07) is 14.7. The fourth-order valence-electron chi connectivity index (χ4n) is 3.11. The van der Waals surface area contributed by atoms with Crippen LogP contribution in [0.2, 0.25) is 0 Å². The highest BCUT2D eigenvalue weighted by atomic mass is 16.5. The predicted octanol–water partition coefficient (Wildman–Crippen LogP) is 2.69. The van der Waals surface area contributed by atoms with Crippen molar-refractivity contribution in [1.82, 2.24) is 4.90 Å². The van der Waals surface area contributed by atoms with E-state index in [1.165, 1.54) is 5.39 Å². The summed E-state index contributed by atoms with van der Waals surface area (Å²) in [5, 5.41) is 12.6. The molecule has 0 saturated carbocycles. The van der Waals surface area contributed by atoms with Gasteiger partial charge in [0.2, 0.25) is 0 Å². The molecule has 4 nitrogen and oxygen atoms in total. The van der Waals surface area contributed by atoms with E-state index in [0.717, 1.165) is 37.2 Å². The van der Waals surface area contributed by atoms with Crippen molar-refractivity contribution in [2.24, 2.45) is 0 Å². The summed E-state index contributed by atoms with van der Waals surface area (Å²) < 4.78 is 11.1. The van der Waals surface area contributed by atoms with E-state index in [1.54, 1.807) is 0 Å². The number of hydrogen-bond donors (Lipinski definition) is 1. The van der Waals surface area contributed by atoms with E-state index in [1.807, 2.05) is 30.3 Å². The van der Waals surface area contributed by atoms with Crippen LogP contribution in [0.3, 0.4) is 0 Å². The molecule has 0 aromatic heterocycles. The molecule has 1 N–H and O–H groups in total. The highest BCUT2D eigenvalue weighted by Gasteiger charge is 2.20. The quantitative estimate of drug-likeness (QED) is 0.890. The first-order valence-corrected chi connectivity index (χ1v) is 8.30. The van der Waals surface area contributed by atoms with Gasteiger partial charge in [0.25, 0.3) is 0 Å². The lowest BCUT2D eigenvalue weighted by molar-refractivity contribution is 0.0159. The summed E-state index contributed by atoms with van der Waals surface area (Å²) in [6.45, 7) is 2.57. The van der Waals surface area contributed by atoms with Gasteiger partial charge in [0.05, 0.1) is 0 Å². The SMILES string of the molecule is CN(CC(O)COc1ccc2ccccc2c1)C1CCOCC1. The molecule has 0 radical (unpaired) electrons. The number of fused-ring (bicyclic) bond motifs is 1. The Bertz CT molecular complexity index is 625. The number of aliphatic hydroxyl groups excluding tert-OH is 1. The first-order chi connectivity index (χ1) is 11.2. The van der Waals surface area contributed by atoms with Gasteiger partial charge in [0.1, 0.15) is 18.5 Å². The highest BCUT2D eigenvalue weighted by Crippen LogP contribution is 2.21. The third kappa shape index (κ3) is 4.44. The minimum Gasteiger partial charge on any atom is -0.491 e. The van der Waals surface area contributed by atoms with Gasteiger partial charge < -0.3 is 19.5 Å². The zero-order chi connectivity index (χ0) is 16.1. The molecule has 0 aliphatic carbocycles. The van der Waals surface area contributed by atoms with Crippen molar-refractivity contribution in [1.29, 1.82) is 0 Å². The summed E-state index contributed by atoms with van der Waals surface area (Å²) >= 11 is 0. The van der Waals surface area contributed by atoms with Crippen molar-refractivity contribution in [3.63, 3.8) is 0 Å². The lowest BCUT2D eigenvalue weighted by Gasteiger charge is -2.32. The molecule has 3 rings (SSSR count). The zero-order valence-corrected chi connectivity index (χ0v) is 13.6. The second-order valence-electron chi connectivity index (χ2n) is 6.26. The van der Waals surface area contributed by atoms with Crippen molar-refractivity contribution in [2.75, 3.05) is 33.4 Å².